The Kier molecular flexibility index (Phi) is 5.40. The van der Waals surface area contributed by atoms with E-state index >= 15 is 0 Å². The molecule has 0 aliphatic rings. The fourth-order valence-corrected chi connectivity index (χ4v) is 2.04. The zero-order valence-electron chi connectivity index (χ0n) is 10.3. The molecule has 1 aromatic rings. The zero-order valence-corrected chi connectivity index (χ0v) is 11.2. The molecule has 3 N–H and O–H groups in total. The Labute approximate surface area is 110 Å². The van der Waals surface area contributed by atoms with Crippen LogP contribution < -0.4 is 10.5 Å². The van der Waals surface area contributed by atoms with Crippen LogP contribution in [0.3, 0.4) is 0 Å². The van der Waals surface area contributed by atoms with Gasteiger partial charge in [-0.25, -0.2) is 17.9 Å². The second kappa shape index (κ2) is 6.60. The van der Waals surface area contributed by atoms with Crippen LogP contribution in [-0.2, 0) is 19.6 Å². The summed E-state index contributed by atoms with van der Waals surface area (Å²) in [6.07, 6.45) is 0.0361. The van der Waals surface area contributed by atoms with Crippen LogP contribution in [0.5, 0.6) is 0 Å². The van der Waals surface area contributed by atoms with E-state index in [0.717, 1.165) is 18.2 Å². The molecule has 0 bridgehead atoms. The second-order valence-corrected chi connectivity index (χ2v) is 5.21. The van der Waals surface area contributed by atoms with Crippen LogP contribution in [0.15, 0.2) is 23.1 Å². The predicted octanol–water partition coefficient (Wildman–Crippen LogP) is 0.838. The van der Waals surface area contributed by atoms with Gasteiger partial charge in [-0.3, -0.25) is 4.79 Å². The predicted molar refractivity (Wildman–Crippen MR) is 67.5 cm³/mol. The smallest absolute Gasteiger partial charge is 0.240 e. The summed E-state index contributed by atoms with van der Waals surface area (Å²) in [6, 6.07) is 2.86. The van der Waals surface area contributed by atoms with Gasteiger partial charge in [-0.15, -0.1) is 0 Å². The van der Waals surface area contributed by atoms with Crippen molar-refractivity contribution >= 4 is 21.6 Å². The summed E-state index contributed by atoms with van der Waals surface area (Å²) in [6.45, 7) is 2.45. The maximum atomic E-state index is 13.1. The van der Waals surface area contributed by atoms with Crippen molar-refractivity contribution < 1.29 is 22.3 Å². The van der Waals surface area contributed by atoms with Crippen molar-refractivity contribution in [2.45, 2.75) is 18.2 Å². The molecule has 0 heterocycles. The lowest BCUT2D eigenvalue weighted by Crippen LogP contribution is -2.19. The molecule has 1 rings (SSSR count). The van der Waals surface area contributed by atoms with Crippen LogP contribution in [0, 0.1) is 5.82 Å². The fourth-order valence-electron chi connectivity index (χ4n) is 1.37. The van der Waals surface area contributed by atoms with Crippen molar-refractivity contribution in [2.24, 2.45) is 5.14 Å². The summed E-state index contributed by atoms with van der Waals surface area (Å²) in [5, 5.41) is 7.28. The third-order valence-corrected chi connectivity index (χ3v) is 3.17. The summed E-state index contributed by atoms with van der Waals surface area (Å²) in [7, 11) is -4.03. The molecule has 0 unspecified atom stereocenters. The van der Waals surface area contributed by atoms with Gasteiger partial charge in [0.05, 0.1) is 18.7 Å². The number of halogens is 1. The first-order valence-electron chi connectivity index (χ1n) is 5.54. The minimum Gasteiger partial charge on any atom is -0.381 e. The number of carbonyl (C=O) groups is 1. The maximum absolute atomic E-state index is 13.1. The lowest BCUT2D eigenvalue weighted by atomic mass is 10.3. The van der Waals surface area contributed by atoms with Crippen molar-refractivity contribution in [3.05, 3.63) is 24.0 Å². The van der Waals surface area contributed by atoms with E-state index in [2.05, 4.69) is 5.32 Å². The van der Waals surface area contributed by atoms with E-state index in [4.69, 9.17) is 9.88 Å². The normalized spacial score (nSPS) is 11.3. The van der Waals surface area contributed by atoms with E-state index in [1.807, 2.05) is 0 Å². The van der Waals surface area contributed by atoms with Gasteiger partial charge in [0.2, 0.25) is 15.9 Å². The topological polar surface area (TPSA) is 98.5 Å². The molecule has 8 heteroatoms. The minimum absolute atomic E-state index is 0.0361. The van der Waals surface area contributed by atoms with Gasteiger partial charge in [-0.2, -0.15) is 0 Å². The van der Waals surface area contributed by atoms with Gasteiger partial charge in [0.1, 0.15) is 10.7 Å². The van der Waals surface area contributed by atoms with Gasteiger partial charge in [0, 0.05) is 6.61 Å². The standard InChI is InChI=1S/C11H15FN2O4S/c1-2-18-6-5-11(15)14-9-7-8(12)3-4-10(9)19(13,16)17/h3-4,7H,2,5-6H2,1H3,(H,14,15)(H2,13,16,17). The number of primary sulfonamides is 1. The van der Waals surface area contributed by atoms with Crippen LogP contribution in [0.2, 0.25) is 0 Å². The number of carbonyl (C=O) groups excluding carboxylic acids is 1. The van der Waals surface area contributed by atoms with E-state index in [-0.39, 0.29) is 23.6 Å². The average Bonchev–Trinajstić information content (AvgIpc) is 2.27. The molecule has 0 atom stereocenters. The lowest BCUT2D eigenvalue weighted by Gasteiger charge is -2.09. The van der Waals surface area contributed by atoms with E-state index < -0.39 is 21.7 Å². The lowest BCUT2D eigenvalue weighted by molar-refractivity contribution is -0.117. The molecule has 1 amide bonds. The van der Waals surface area contributed by atoms with Gasteiger partial charge in [0.15, 0.2) is 0 Å². The van der Waals surface area contributed by atoms with Crippen molar-refractivity contribution in [3.63, 3.8) is 0 Å². The molecule has 0 aliphatic heterocycles. The van der Waals surface area contributed by atoms with Crippen molar-refractivity contribution in [3.8, 4) is 0 Å². The van der Waals surface area contributed by atoms with Gasteiger partial charge >= 0.3 is 0 Å². The number of sulfonamides is 1. The summed E-state index contributed by atoms with van der Waals surface area (Å²) < 4.78 is 40.6. The van der Waals surface area contributed by atoms with Crippen LogP contribution in [0.4, 0.5) is 10.1 Å². The number of anilines is 1. The summed E-state index contributed by atoms with van der Waals surface area (Å²) in [4.78, 5) is 11.2. The molecule has 6 nitrogen and oxygen atoms in total. The quantitative estimate of drug-likeness (QED) is 0.758. The highest BCUT2D eigenvalue weighted by Crippen LogP contribution is 2.21. The van der Waals surface area contributed by atoms with Crippen LogP contribution >= 0.6 is 0 Å². The molecule has 19 heavy (non-hydrogen) atoms. The molecule has 0 aliphatic carbocycles. The average molecular weight is 290 g/mol. The molecule has 0 spiro atoms. The first-order valence-corrected chi connectivity index (χ1v) is 7.09. The molecule has 0 aromatic heterocycles. The third-order valence-electron chi connectivity index (χ3n) is 2.20. The van der Waals surface area contributed by atoms with Crippen LogP contribution in [0.1, 0.15) is 13.3 Å². The van der Waals surface area contributed by atoms with Gasteiger partial charge < -0.3 is 10.1 Å². The molecule has 106 valence electrons. The molecule has 0 fully saturated rings. The molecule has 0 radical (unpaired) electrons. The monoisotopic (exact) mass is 290 g/mol. The summed E-state index contributed by atoms with van der Waals surface area (Å²) >= 11 is 0. The van der Waals surface area contributed by atoms with Gasteiger partial charge in [-0.05, 0) is 25.1 Å². The van der Waals surface area contributed by atoms with Crippen molar-refractivity contribution in [2.75, 3.05) is 18.5 Å². The number of amides is 1. The minimum atomic E-state index is -4.03. The Balaban J connectivity index is 2.88. The van der Waals surface area contributed by atoms with Crippen molar-refractivity contribution in [1.82, 2.24) is 0 Å². The largest absolute Gasteiger partial charge is 0.381 e. The molecule has 1 aromatic carbocycles. The Hall–Kier alpha value is -1.51. The van der Waals surface area contributed by atoms with Crippen LogP contribution in [-0.4, -0.2) is 27.5 Å². The first-order chi connectivity index (χ1) is 8.84. The second-order valence-electron chi connectivity index (χ2n) is 3.68. The maximum Gasteiger partial charge on any atom is 0.240 e. The molecule has 0 saturated heterocycles. The third kappa shape index (κ3) is 4.93. The Bertz CT molecular complexity index is 560. The molecular formula is C11H15FN2O4S. The number of hydrogen-bond acceptors (Lipinski definition) is 4. The molecular weight excluding hydrogens is 275 g/mol. The SMILES string of the molecule is CCOCCC(=O)Nc1cc(F)ccc1S(N)(=O)=O. The van der Waals surface area contributed by atoms with E-state index in [1.54, 1.807) is 6.92 Å². The van der Waals surface area contributed by atoms with Gasteiger partial charge in [-0.1, -0.05) is 0 Å². The van der Waals surface area contributed by atoms with Crippen LogP contribution in [0.25, 0.3) is 0 Å². The van der Waals surface area contributed by atoms with Crippen molar-refractivity contribution in [1.29, 1.82) is 0 Å². The number of benzene rings is 1. The molecule has 0 saturated carbocycles. The number of rotatable bonds is 6. The highest BCUT2D eigenvalue weighted by atomic mass is 32.2. The van der Waals surface area contributed by atoms with E-state index in [1.165, 1.54) is 0 Å². The number of nitrogens with one attached hydrogen (secondary N) is 1. The summed E-state index contributed by atoms with van der Waals surface area (Å²) in [5.41, 5.74) is -0.177. The highest BCUT2D eigenvalue weighted by molar-refractivity contribution is 7.89. The fraction of sp³-hybridized carbons (Fsp3) is 0.364. The highest BCUT2D eigenvalue weighted by Gasteiger charge is 2.16. The first kappa shape index (κ1) is 15.5. The van der Waals surface area contributed by atoms with E-state index in [9.17, 15) is 17.6 Å². The Morgan fingerprint density at radius 2 is 2.16 bits per heavy atom. The van der Waals surface area contributed by atoms with Gasteiger partial charge in [0.25, 0.3) is 0 Å². The Morgan fingerprint density at radius 3 is 2.74 bits per heavy atom. The number of hydrogen-bond donors (Lipinski definition) is 2. The number of nitrogens with two attached hydrogens (primary N) is 1. The zero-order chi connectivity index (χ0) is 14.5. The number of ether oxygens (including phenoxy) is 1. The Morgan fingerprint density at radius 1 is 1.47 bits per heavy atom. The summed E-state index contributed by atoms with van der Waals surface area (Å²) in [5.74, 6) is -1.16. The van der Waals surface area contributed by atoms with E-state index in [0.29, 0.717) is 6.61 Å².